The van der Waals surface area contributed by atoms with E-state index in [0.717, 1.165) is 4.90 Å². The van der Waals surface area contributed by atoms with Crippen LogP contribution in [0, 0.1) is 0 Å². The van der Waals surface area contributed by atoms with E-state index in [1.165, 1.54) is 14.2 Å². The number of fused-ring (bicyclic) bond motifs is 1. The normalized spacial score (nSPS) is 12.5. The zero-order valence-corrected chi connectivity index (χ0v) is 16.7. The van der Waals surface area contributed by atoms with Gasteiger partial charge in [-0.1, -0.05) is 12.1 Å². The first-order valence-corrected chi connectivity index (χ1v) is 9.32. The predicted molar refractivity (Wildman–Crippen MR) is 106 cm³/mol. The lowest BCUT2D eigenvalue weighted by atomic mass is 10.1. The zero-order chi connectivity index (χ0) is 21.7. The molecule has 30 heavy (non-hydrogen) atoms. The third kappa shape index (κ3) is 4.32. The monoisotopic (exact) mass is 411 g/mol. The number of ketones is 1. The highest BCUT2D eigenvalue weighted by molar-refractivity contribution is 6.21. The molecular formula is C22H21NO7. The average Bonchev–Trinajstić information content (AvgIpc) is 3.02. The van der Waals surface area contributed by atoms with Gasteiger partial charge in [0.15, 0.2) is 17.3 Å². The molecule has 0 aromatic heterocycles. The fraction of sp³-hybridized carbons (Fsp3) is 0.273. The zero-order valence-electron chi connectivity index (χ0n) is 16.7. The standard InChI is InChI=1S/C22H21NO7/c1-28-18-9-7-14(13-19(18)29-2)17(24)8-10-20(25)30-12-11-23-21(26)15-5-3-4-6-16(15)22(23)27/h3-7,9,13H,8,10-12H2,1-2H3. The van der Waals surface area contributed by atoms with E-state index in [1.807, 2.05) is 0 Å². The molecule has 0 unspecified atom stereocenters. The van der Waals surface area contributed by atoms with Gasteiger partial charge < -0.3 is 14.2 Å². The highest BCUT2D eigenvalue weighted by atomic mass is 16.5. The minimum atomic E-state index is -0.583. The molecule has 0 N–H and O–H groups in total. The number of hydrogen-bond acceptors (Lipinski definition) is 7. The number of carbonyl (C=O) groups excluding carboxylic acids is 4. The summed E-state index contributed by atoms with van der Waals surface area (Å²) in [4.78, 5) is 49.8. The van der Waals surface area contributed by atoms with Crippen LogP contribution in [0.5, 0.6) is 11.5 Å². The van der Waals surface area contributed by atoms with Gasteiger partial charge >= 0.3 is 5.97 Å². The van der Waals surface area contributed by atoms with Crippen molar-refractivity contribution in [2.24, 2.45) is 0 Å². The summed E-state index contributed by atoms with van der Waals surface area (Å²) in [5.74, 6) is -0.715. The van der Waals surface area contributed by atoms with E-state index >= 15 is 0 Å². The summed E-state index contributed by atoms with van der Waals surface area (Å²) >= 11 is 0. The lowest BCUT2D eigenvalue weighted by Crippen LogP contribution is -2.33. The maximum Gasteiger partial charge on any atom is 0.306 e. The second-order valence-electron chi connectivity index (χ2n) is 6.52. The lowest BCUT2D eigenvalue weighted by Gasteiger charge is -2.13. The van der Waals surface area contributed by atoms with Crippen molar-refractivity contribution in [2.45, 2.75) is 12.8 Å². The van der Waals surface area contributed by atoms with Crippen molar-refractivity contribution in [3.8, 4) is 11.5 Å². The van der Waals surface area contributed by atoms with Crippen LogP contribution in [0.1, 0.15) is 43.9 Å². The number of methoxy groups -OCH3 is 2. The molecular weight excluding hydrogens is 390 g/mol. The highest BCUT2D eigenvalue weighted by Crippen LogP contribution is 2.28. The number of amides is 2. The van der Waals surface area contributed by atoms with Crippen molar-refractivity contribution in [1.82, 2.24) is 4.90 Å². The Morgan fingerprint density at radius 3 is 2.10 bits per heavy atom. The summed E-state index contributed by atoms with van der Waals surface area (Å²) in [7, 11) is 2.97. The van der Waals surface area contributed by atoms with E-state index in [4.69, 9.17) is 14.2 Å². The average molecular weight is 411 g/mol. The maximum absolute atomic E-state index is 12.3. The number of imide groups is 1. The number of ether oxygens (including phenoxy) is 3. The Morgan fingerprint density at radius 1 is 0.867 bits per heavy atom. The van der Waals surface area contributed by atoms with Gasteiger partial charge in [-0.2, -0.15) is 0 Å². The number of benzene rings is 2. The topological polar surface area (TPSA) is 99.2 Å². The minimum absolute atomic E-state index is 0.0400. The Labute approximate surface area is 173 Å². The van der Waals surface area contributed by atoms with Crippen LogP contribution in [-0.2, 0) is 9.53 Å². The molecule has 156 valence electrons. The van der Waals surface area contributed by atoms with E-state index in [0.29, 0.717) is 28.2 Å². The van der Waals surface area contributed by atoms with Gasteiger partial charge in [-0.05, 0) is 30.3 Å². The van der Waals surface area contributed by atoms with Gasteiger partial charge in [-0.15, -0.1) is 0 Å². The molecule has 1 heterocycles. The highest BCUT2D eigenvalue weighted by Gasteiger charge is 2.34. The second-order valence-corrected chi connectivity index (χ2v) is 6.52. The number of carbonyl (C=O) groups is 4. The second kappa shape index (κ2) is 9.21. The van der Waals surface area contributed by atoms with E-state index in [1.54, 1.807) is 42.5 Å². The Kier molecular flexibility index (Phi) is 6.46. The summed E-state index contributed by atoms with van der Waals surface area (Å²) in [5.41, 5.74) is 1.08. The van der Waals surface area contributed by atoms with Gasteiger partial charge in [0.05, 0.1) is 38.3 Å². The van der Waals surface area contributed by atoms with Crippen molar-refractivity contribution >= 4 is 23.6 Å². The molecule has 0 aliphatic carbocycles. The van der Waals surface area contributed by atoms with Gasteiger partial charge in [-0.25, -0.2) is 0 Å². The van der Waals surface area contributed by atoms with Gasteiger partial charge in [0.25, 0.3) is 11.8 Å². The Bertz CT molecular complexity index is 964. The molecule has 1 aliphatic heterocycles. The Hall–Kier alpha value is -3.68. The first-order valence-electron chi connectivity index (χ1n) is 9.32. The molecule has 0 bridgehead atoms. The van der Waals surface area contributed by atoms with Crippen molar-refractivity contribution < 1.29 is 33.4 Å². The third-order valence-corrected chi connectivity index (χ3v) is 4.72. The van der Waals surface area contributed by atoms with Gasteiger partial charge in [0, 0.05) is 12.0 Å². The molecule has 2 amide bonds. The summed E-state index contributed by atoms with van der Waals surface area (Å²) in [5, 5.41) is 0. The van der Waals surface area contributed by atoms with Crippen molar-refractivity contribution in [3.05, 3.63) is 59.2 Å². The molecule has 0 radical (unpaired) electrons. The van der Waals surface area contributed by atoms with Crippen LogP contribution in [0.4, 0.5) is 0 Å². The number of hydrogen-bond donors (Lipinski definition) is 0. The van der Waals surface area contributed by atoms with Crippen LogP contribution in [0.25, 0.3) is 0 Å². The fourth-order valence-corrected chi connectivity index (χ4v) is 3.13. The molecule has 0 spiro atoms. The van der Waals surface area contributed by atoms with Crippen LogP contribution in [0.15, 0.2) is 42.5 Å². The number of esters is 1. The molecule has 3 rings (SSSR count). The molecule has 0 atom stereocenters. The lowest BCUT2D eigenvalue weighted by molar-refractivity contribution is -0.143. The van der Waals surface area contributed by atoms with Crippen LogP contribution >= 0.6 is 0 Å². The van der Waals surface area contributed by atoms with Crippen molar-refractivity contribution in [1.29, 1.82) is 0 Å². The maximum atomic E-state index is 12.3. The quantitative estimate of drug-likeness (QED) is 0.355. The predicted octanol–water partition coefficient (Wildman–Crippen LogP) is 2.51. The fourth-order valence-electron chi connectivity index (χ4n) is 3.13. The van der Waals surface area contributed by atoms with E-state index in [-0.39, 0.29) is 31.8 Å². The minimum Gasteiger partial charge on any atom is -0.493 e. The molecule has 8 heteroatoms. The van der Waals surface area contributed by atoms with Crippen LogP contribution < -0.4 is 9.47 Å². The van der Waals surface area contributed by atoms with Crippen molar-refractivity contribution in [2.75, 3.05) is 27.4 Å². The molecule has 0 saturated heterocycles. The molecule has 8 nitrogen and oxygen atoms in total. The molecule has 0 fully saturated rings. The molecule has 1 aliphatic rings. The number of rotatable bonds is 9. The van der Waals surface area contributed by atoms with E-state index in [9.17, 15) is 19.2 Å². The van der Waals surface area contributed by atoms with Crippen LogP contribution in [-0.4, -0.2) is 55.8 Å². The van der Waals surface area contributed by atoms with Crippen LogP contribution in [0.3, 0.4) is 0 Å². The first kappa shape index (κ1) is 21.0. The summed E-state index contributed by atoms with van der Waals surface area (Å²) in [6.45, 7) is -0.170. The third-order valence-electron chi connectivity index (χ3n) is 4.72. The largest absolute Gasteiger partial charge is 0.493 e. The van der Waals surface area contributed by atoms with E-state index < -0.39 is 17.8 Å². The van der Waals surface area contributed by atoms with E-state index in [2.05, 4.69) is 0 Å². The van der Waals surface area contributed by atoms with Crippen LogP contribution in [0.2, 0.25) is 0 Å². The van der Waals surface area contributed by atoms with Gasteiger partial charge in [0.1, 0.15) is 6.61 Å². The Morgan fingerprint density at radius 2 is 1.50 bits per heavy atom. The van der Waals surface area contributed by atoms with Crippen molar-refractivity contribution in [3.63, 3.8) is 0 Å². The SMILES string of the molecule is COc1ccc(C(=O)CCC(=O)OCCN2C(=O)c3ccccc3C2=O)cc1OC. The van der Waals surface area contributed by atoms with Gasteiger partial charge in [0.2, 0.25) is 0 Å². The smallest absolute Gasteiger partial charge is 0.306 e. The summed E-state index contributed by atoms with van der Waals surface area (Å²) < 4.78 is 15.4. The van der Waals surface area contributed by atoms with Gasteiger partial charge in [-0.3, -0.25) is 24.1 Å². The molecule has 0 saturated carbocycles. The molecule has 2 aromatic carbocycles. The first-order chi connectivity index (χ1) is 14.5. The number of Topliss-reactive ketones (excluding diaryl/α,β-unsaturated/α-hetero) is 1. The Balaban J connectivity index is 1.46. The summed E-state index contributed by atoms with van der Waals surface area (Å²) in [6.07, 6.45) is -0.156. The summed E-state index contributed by atoms with van der Waals surface area (Å²) in [6, 6.07) is 11.3. The molecule has 2 aromatic rings. The number of nitrogens with zero attached hydrogens (tertiary/aromatic N) is 1.